The lowest BCUT2D eigenvalue weighted by Gasteiger charge is -2.27. The second-order valence-electron chi connectivity index (χ2n) is 5.12. The second-order valence-corrected chi connectivity index (χ2v) is 5.12. The molecular formula is C13H31IN4O. The Kier molecular flexibility index (Phi) is 14.4. The van der Waals surface area contributed by atoms with Crippen molar-refractivity contribution in [3.63, 3.8) is 0 Å². The standard InChI is InChI=1S/C13H30N4O.HI/c1-11(2)9-12(17(4)5)10-16-13(14-3)15-7-8-18-6;/h11-12H,7-10H2,1-6H3,(H2,14,15,16);1H. The molecule has 0 aliphatic rings. The lowest BCUT2D eigenvalue weighted by atomic mass is 10.0. The summed E-state index contributed by atoms with van der Waals surface area (Å²) in [6, 6.07) is 0.519. The van der Waals surface area contributed by atoms with E-state index in [4.69, 9.17) is 4.74 Å². The fraction of sp³-hybridized carbons (Fsp3) is 0.923. The molecule has 0 aliphatic carbocycles. The van der Waals surface area contributed by atoms with Crippen LogP contribution in [0.2, 0.25) is 0 Å². The van der Waals surface area contributed by atoms with E-state index in [2.05, 4.69) is 48.5 Å². The van der Waals surface area contributed by atoms with Crippen LogP contribution in [0, 0.1) is 5.92 Å². The highest BCUT2D eigenvalue weighted by Gasteiger charge is 2.13. The zero-order chi connectivity index (χ0) is 14.0. The molecule has 0 aliphatic heterocycles. The molecule has 116 valence electrons. The summed E-state index contributed by atoms with van der Waals surface area (Å²) in [4.78, 5) is 6.45. The molecule has 0 spiro atoms. The maximum absolute atomic E-state index is 5.00. The van der Waals surface area contributed by atoms with Crippen LogP contribution in [0.3, 0.4) is 0 Å². The van der Waals surface area contributed by atoms with Crippen molar-refractivity contribution in [2.75, 3.05) is 47.9 Å². The minimum absolute atomic E-state index is 0. The molecule has 0 aromatic carbocycles. The minimum Gasteiger partial charge on any atom is -0.383 e. The van der Waals surface area contributed by atoms with Crippen molar-refractivity contribution in [2.24, 2.45) is 10.9 Å². The third kappa shape index (κ3) is 11.4. The monoisotopic (exact) mass is 386 g/mol. The maximum atomic E-state index is 5.00. The predicted octanol–water partition coefficient (Wildman–Crippen LogP) is 1.39. The molecule has 1 unspecified atom stereocenters. The smallest absolute Gasteiger partial charge is 0.191 e. The summed E-state index contributed by atoms with van der Waals surface area (Å²) < 4.78 is 5.00. The molecule has 19 heavy (non-hydrogen) atoms. The molecule has 0 heterocycles. The summed E-state index contributed by atoms with van der Waals surface area (Å²) in [5.41, 5.74) is 0. The Morgan fingerprint density at radius 2 is 1.89 bits per heavy atom. The fourth-order valence-electron chi connectivity index (χ4n) is 1.73. The highest BCUT2D eigenvalue weighted by Crippen LogP contribution is 2.07. The number of aliphatic imine (C=N–C) groups is 1. The number of nitrogens with one attached hydrogen (secondary N) is 2. The summed E-state index contributed by atoms with van der Waals surface area (Å²) in [5.74, 6) is 1.53. The quantitative estimate of drug-likeness (QED) is 0.287. The van der Waals surface area contributed by atoms with Gasteiger partial charge in [-0.25, -0.2) is 0 Å². The molecule has 0 fully saturated rings. The summed E-state index contributed by atoms with van der Waals surface area (Å²) >= 11 is 0. The largest absolute Gasteiger partial charge is 0.383 e. The Bertz CT molecular complexity index is 235. The number of hydrogen-bond donors (Lipinski definition) is 2. The summed E-state index contributed by atoms with van der Waals surface area (Å²) in [6.07, 6.45) is 1.18. The van der Waals surface area contributed by atoms with Crippen LogP contribution in [0.1, 0.15) is 20.3 Å². The van der Waals surface area contributed by atoms with Crippen molar-refractivity contribution >= 4 is 29.9 Å². The van der Waals surface area contributed by atoms with Gasteiger partial charge in [0.25, 0.3) is 0 Å². The normalized spacial score (nSPS) is 13.4. The highest BCUT2D eigenvalue weighted by molar-refractivity contribution is 14.0. The zero-order valence-corrected chi connectivity index (χ0v) is 15.5. The van der Waals surface area contributed by atoms with Gasteiger partial charge in [-0.15, -0.1) is 24.0 Å². The van der Waals surface area contributed by atoms with E-state index in [1.54, 1.807) is 14.2 Å². The molecule has 0 saturated heterocycles. The second kappa shape index (κ2) is 12.9. The first-order chi connectivity index (χ1) is 8.51. The van der Waals surface area contributed by atoms with Gasteiger partial charge in [0.2, 0.25) is 0 Å². The van der Waals surface area contributed by atoms with Crippen molar-refractivity contribution in [3.05, 3.63) is 0 Å². The van der Waals surface area contributed by atoms with Crippen LogP contribution in [0.15, 0.2) is 4.99 Å². The third-order valence-corrected chi connectivity index (χ3v) is 2.80. The van der Waals surface area contributed by atoms with Gasteiger partial charge >= 0.3 is 0 Å². The van der Waals surface area contributed by atoms with Gasteiger partial charge in [-0.1, -0.05) is 13.8 Å². The average Bonchev–Trinajstić information content (AvgIpc) is 2.31. The van der Waals surface area contributed by atoms with Gasteiger partial charge in [-0.3, -0.25) is 4.99 Å². The van der Waals surface area contributed by atoms with Crippen LogP contribution in [-0.2, 0) is 4.74 Å². The van der Waals surface area contributed by atoms with Gasteiger partial charge in [0, 0.05) is 33.3 Å². The highest BCUT2D eigenvalue weighted by atomic mass is 127. The Hall–Kier alpha value is -0.0800. The molecule has 6 heteroatoms. The summed E-state index contributed by atoms with van der Waals surface area (Å²) in [7, 11) is 7.73. The minimum atomic E-state index is 0. The molecule has 5 nitrogen and oxygen atoms in total. The topological polar surface area (TPSA) is 48.9 Å². The van der Waals surface area contributed by atoms with Crippen LogP contribution >= 0.6 is 24.0 Å². The average molecular weight is 386 g/mol. The van der Waals surface area contributed by atoms with Crippen molar-refractivity contribution in [3.8, 4) is 0 Å². The van der Waals surface area contributed by atoms with E-state index >= 15 is 0 Å². The molecule has 0 radical (unpaired) electrons. The summed E-state index contributed by atoms with van der Waals surface area (Å²) in [6.45, 7) is 6.86. The van der Waals surface area contributed by atoms with Crippen LogP contribution in [-0.4, -0.2) is 64.9 Å². The number of ether oxygens (including phenoxy) is 1. The SMILES string of the molecule is CN=C(NCCOC)NCC(CC(C)C)N(C)C.I. The predicted molar refractivity (Wildman–Crippen MR) is 93.6 cm³/mol. The Labute approximate surface area is 135 Å². The lowest BCUT2D eigenvalue weighted by molar-refractivity contribution is 0.203. The zero-order valence-electron chi connectivity index (χ0n) is 13.2. The molecule has 0 aromatic heterocycles. The van der Waals surface area contributed by atoms with Crippen molar-refractivity contribution in [1.82, 2.24) is 15.5 Å². The van der Waals surface area contributed by atoms with Crippen LogP contribution in [0.25, 0.3) is 0 Å². The number of likely N-dealkylation sites (N-methyl/N-ethyl adjacent to an activating group) is 1. The molecule has 0 bridgehead atoms. The van der Waals surface area contributed by atoms with Crippen molar-refractivity contribution in [2.45, 2.75) is 26.3 Å². The van der Waals surface area contributed by atoms with Crippen LogP contribution in [0.4, 0.5) is 0 Å². The van der Waals surface area contributed by atoms with Crippen molar-refractivity contribution in [1.29, 1.82) is 0 Å². The van der Waals surface area contributed by atoms with E-state index in [0.717, 1.165) is 19.0 Å². The van der Waals surface area contributed by atoms with Crippen LogP contribution in [0.5, 0.6) is 0 Å². The molecular weight excluding hydrogens is 355 g/mol. The Morgan fingerprint density at radius 1 is 1.26 bits per heavy atom. The van der Waals surface area contributed by atoms with E-state index in [9.17, 15) is 0 Å². The number of methoxy groups -OCH3 is 1. The Balaban J connectivity index is 0. The first-order valence-electron chi connectivity index (χ1n) is 6.61. The van der Waals surface area contributed by atoms with E-state index in [-0.39, 0.29) is 24.0 Å². The van der Waals surface area contributed by atoms with Crippen LogP contribution < -0.4 is 10.6 Å². The third-order valence-electron chi connectivity index (χ3n) is 2.80. The summed E-state index contributed by atoms with van der Waals surface area (Å²) in [5, 5.41) is 6.57. The van der Waals surface area contributed by atoms with E-state index in [1.165, 1.54) is 6.42 Å². The molecule has 2 N–H and O–H groups in total. The van der Waals surface area contributed by atoms with E-state index in [0.29, 0.717) is 18.6 Å². The molecule has 0 aromatic rings. The van der Waals surface area contributed by atoms with Crippen molar-refractivity contribution < 1.29 is 4.74 Å². The molecule has 0 saturated carbocycles. The van der Waals surface area contributed by atoms with Gasteiger partial charge in [-0.2, -0.15) is 0 Å². The first kappa shape index (κ1) is 21.2. The molecule has 0 rings (SSSR count). The maximum Gasteiger partial charge on any atom is 0.191 e. The van der Waals surface area contributed by atoms with Gasteiger partial charge in [0.15, 0.2) is 5.96 Å². The fourth-order valence-corrected chi connectivity index (χ4v) is 1.73. The van der Waals surface area contributed by atoms with Gasteiger partial charge < -0.3 is 20.3 Å². The number of guanidine groups is 1. The van der Waals surface area contributed by atoms with Gasteiger partial charge in [0.05, 0.1) is 6.61 Å². The number of rotatable bonds is 8. The molecule has 0 amide bonds. The number of hydrogen-bond acceptors (Lipinski definition) is 3. The Morgan fingerprint density at radius 3 is 2.32 bits per heavy atom. The van der Waals surface area contributed by atoms with E-state index < -0.39 is 0 Å². The van der Waals surface area contributed by atoms with E-state index in [1.807, 2.05) is 0 Å². The number of halogens is 1. The number of nitrogens with zero attached hydrogens (tertiary/aromatic N) is 2. The van der Waals surface area contributed by atoms with Gasteiger partial charge in [0.1, 0.15) is 0 Å². The molecule has 1 atom stereocenters. The lowest BCUT2D eigenvalue weighted by Crippen LogP contribution is -2.46. The first-order valence-corrected chi connectivity index (χ1v) is 6.61. The van der Waals surface area contributed by atoms with Gasteiger partial charge in [-0.05, 0) is 26.4 Å².